The number of rotatable bonds is 3. The van der Waals surface area contributed by atoms with E-state index in [4.69, 9.17) is 5.11 Å². The second kappa shape index (κ2) is 6.36. The maximum atomic E-state index is 11.9. The average molecular weight is 350 g/mol. The lowest BCUT2D eigenvalue weighted by Gasteiger charge is -2.11. The van der Waals surface area contributed by atoms with Crippen molar-refractivity contribution in [1.29, 1.82) is 0 Å². The summed E-state index contributed by atoms with van der Waals surface area (Å²) in [4.78, 5) is 26.5. The fourth-order valence-corrected chi connectivity index (χ4v) is 2.02. The van der Waals surface area contributed by atoms with E-state index in [1.807, 2.05) is 13.0 Å². The number of carboxylic acids is 1. The molecule has 0 radical (unpaired) electrons. The van der Waals surface area contributed by atoms with Gasteiger partial charge in [-0.2, -0.15) is 0 Å². The third-order valence-corrected chi connectivity index (χ3v) is 3.62. The fourth-order valence-electron chi connectivity index (χ4n) is 1.65. The molecular weight excluding hydrogens is 338 g/mol. The summed E-state index contributed by atoms with van der Waals surface area (Å²) in [5.74, 6) is -1.10. The molecule has 1 heterocycles. The van der Waals surface area contributed by atoms with Crippen molar-refractivity contribution in [3.05, 3.63) is 52.3 Å². The number of aromatic carboxylic acids is 1. The van der Waals surface area contributed by atoms with E-state index in [0.717, 1.165) is 10.0 Å². The molecule has 0 bridgehead atoms. The Labute approximate surface area is 129 Å². The minimum atomic E-state index is -1.10. The van der Waals surface area contributed by atoms with E-state index in [1.165, 1.54) is 18.5 Å². The SMILES string of the molecule is Cc1c(Br)cccc1NC(=O)Nc1cncc(C(=O)O)c1. The normalized spacial score (nSPS) is 10.0. The highest BCUT2D eigenvalue weighted by Crippen LogP contribution is 2.23. The zero-order chi connectivity index (χ0) is 15.4. The van der Waals surface area contributed by atoms with Gasteiger partial charge in [-0.15, -0.1) is 0 Å². The Kier molecular flexibility index (Phi) is 4.54. The van der Waals surface area contributed by atoms with Crippen molar-refractivity contribution in [2.45, 2.75) is 6.92 Å². The Hall–Kier alpha value is -2.41. The van der Waals surface area contributed by atoms with Crippen LogP contribution in [0, 0.1) is 6.92 Å². The molecule has 0 aliphatic heterocycles. The Morgan fingerprint density at radius 1 is 1.24 bits per heavy atom. The number of carboxylic acid groups (broad SMARTS) is 1. The van der Waals surface area contributed by atoms with Crippen molar-refractivity contribution in [3.8, 4) is 0 Å². The third kappa shape index (κ3) is 3.79. The van der Waals surface area contributed by atoms with E-state index in [1.54, 1.807) is 12.1 Å². The van der Waals surface area contributed by atoms with Crippen molar-refractivity contribution in [1.82, 2.24) is 4.98 Å². The predicted molar refractivity (Wildman–Crippen MR) is 82.7 cm³/mol. The first-order valence-corrected chi connectivity index (χ1v) is 6.78. The van der Waals surface area contributed by atoms with E-state index in [-0.39, 0.29) is 5.56 Å². The monoisotopic (exact) mass is 349 g/mol. The Morgan fingerprint density at radius 3 is 2.71 bits per heavy atom. The third-order valence-electron chi connectivity index (χ3n) is 2.76. The van der Waals surface area contributed by atoms with Crippen molar-refractivity contribution in [3.63, 3.8) is 0 Å². The zero-order valence-corrected chi connectivity index (χ0v) is 12.6. The van der Waals surface area contributed by atoms with Gasteiger partial charge in [0, 0.05) is 16.4 Å². The van der Waals surface area contributed by atoms with Crippen LogP contribution >= 0.6 is 15.9 Å². The first-order chi connectivity index (χ1) is 9.97. The second-order valence-corrected chi connectivity index (χ2v) is 5.11. The summed E-state index contributed by atoms with van der Waals surface area (Å²) in [7, 11) is 0. The Morgan fingerprint density at radius 2 is 2.00 bits per heavy atom. The minimum Gasteiger partial charge on any atom is -0.478 e. The van der Waals surface area contributed by atoms with E-state index >= 15 is 0 Å². The van der Waals surface area contributed by atoms with Crippen LogP contribution in [0.4, 0.5) is 16.2 Å². The van der Waals surface area contributed by atoms with Crippen LogP contribution < -0.4 is 10.6 Å². The van der Waals surface area contributed by atoms with Crippen LogP contribution in [0.2, 0.25) is 0 Å². The minimum absolute atomic E-state index is 0.00596. The van der Waals surface area contributed by atoms with Crippen LogP contribution in [0.25, 0.3) is 0 Å². The van der Waals surface area contributed by atoms with Gasteiger partial charge < -0.3 is 15.7 Å². The predicted octanol–water partition coefficient (Wildman–Crippen LogP) is 3.49. The summed E-state index contributed by atoms with van der Waals surface area (Å²) in [6.07, 6.45) is 2.59. The number of carbonyl (C=O) groups excluding carboxylic acids is 1. The van der Waals surface area contributed by atoms with Crippen molar-refractivity contribution >= 4 is 39.3 Å². The number of urea groups is 1. The van der Waals surface area contributed by atoms with Gasteiger partial charge in [0.25, 0.3) is 0 Å². The molecule has 0 unspecified atom stereocenters. The Balaban J connectivity index is 2.10. The van der Waals surface area contributed by atoms with Crippen LogP contribution in [0.5, 0.6) is 0 Å². The molecule has 0 atom stereocenters. The number of anilines is 2. The van der Waals surface area contributed by atoms with Crippen LogP contribution in [-0.2, 0) is 0 Å². The standard InChI is InChI=1S/C14H12BrN3O3/c1-8-11(15)3-2-4-12(8)18-14(21)17-10-5-9(13(19)20)6-16-7-10/h2-7H,1H3,(H,19,20)(H2,17,18,21). The number of hydrogen-bond donors (Lipinski definition) is 3. The molecule has 0 saturated carbocycles. The highest BCUT2D eigenvalue weighted by atomic mass is 79.9. The molecular formula is C14H12BrN3O3. The van der Waals surface area contributed by atoms with Crippen molar-refractivity contribution in [2.75, 3.05) is 10.6 Å². The van der Waals surface area contributed by atoms with Gasteiger partial charge >= 0.3 is 12.0 Å². The zero-order valence-electron chi connectivity index (χ0n) is 11.1. The van der Waals surface area contributed by atoms with Gasteiger partial charge in [-0.3, -0.25) is 4.98 Å². The number of carbonyl (C=O) groups is 2. The fraction of sp³-hybridized carbons (Fsp3) is 0.0714. The second-order valence-electron chi connectivity index (χ2n) is 4.26. The molecule has 6 nitrogen and oxygen atoms in total. The topological polar surface area (TPSA) is 91.3 Å². The molecule has 2 rings (SSSR count). The molecule has 0 saturated heterocycles. The van der Waals surface area contributed by atoms with Crippen LogP contribution in [0.3, 0.4) is 0 Å². The summed E-state index contributed by atoms with van der Waals surface area (Å²) in [6, 6.07) is 6.31. The first kappa shape index (κ1) is 15.0. The van der Waals surface area contributed by atoms with Gasteiger partial charge in [0.1, 0.15) is 0 Å². The molecule has 2 aromatic rings. The smallest absolute Gasteiger partial charge is 0.337 e. The number of nitrogens with one attached hydrogen (secondary N) is 2. The molecule has 2 amide bonds. The van der Waals surface area contributed by atoms with Crippen LogP contribution in [0.1, 0.15) is 15.9 Å². The number of amides is 2. The molecule has 0 fully saturated rings. The number of benzene rings is 1. The number of pyridine rings is 1. The lowest BCUT2D eigenvalue weighted by molar-refractivity contribution is 0.0696. The molecule has 0 aliphatic rings. The first-order valence-electron chi connectivity index (χ1n) is 5.99. The summed E-state index contributed by atoms with van der Waals surface area (Å²) in [5.41, 5.74) is 1.86. The van der Waals surface area contributed by atoms with E-state index in [9.17, 15) is 9.59 Å². The van der Waals surface area contributed by atoms with Crippen molar-refractivity contribution in [2.24, 2.45) is 0 Å². The van der Waals surface area contributed by atoms with Gasteiger partial charge in [0.05, 0.1) is 17.4 Å². The lowest BCUT2D eigenvalue weighted by atomic mass is 10.2. The quantitative estimate of drug-likeness (QED) is 0.790. The van der Waals surface area contributed by atoms with E-state index in [0.29, 0.717) is 11.4 Å². The van der Waals surface area contributed by atoms with Gasteiger partial charge in [-0.25, -0.2) is 9.59 Å². The van der Waals surface area contributed by atoms with Gasteiger partial charge in [0.2, 0.25) is 0 Å². The molecule has 3 N–H and O–H groups in total. The number of nitrogens with zero attached hydrogens (tertiary/aromatic N) is 1. The number of halogens is 1. The number of hydrogen-bond acceptors (Lipinski definition) is 3. The van der Waals surface area contributed by atoms with Crippen LogP contribution in [-0.4, -0.2) is 22.1 Å². The molecule has 108 valence electrons. The Bertz CT molecular complexity index is 704. The maximum absolute atomic E-state index is 11.9. The molecule has 7 heteroatoms. The summed E-state index contributed by atoms with van der Waals surface area (Å²) in [6.45, 7) is 1.87. The highest BCUT2D eigenvalue weighted by Gasteiger charge is 2.09. The molecule has 21 heavy (non-hydrogen) atoms. The molecule has 1 aromatic heterocycles. The summed E-state index contributed by atoms with van der Waals surface area (Å²) in [5, 5.41) is 14.1. The summed E-state index contributed by atoms with van der Waals surface area (Å²) >= 11 is 3.38. The number of aromatic nitrogens is 1. The highest BCUT2D eigenvalue weighted by molar-refractivity contribution is 9.10. The van der Waals surface area contributed by atoms with Crippen LogP contribution in [0.15, 0.2) is 41.1 Å². The van der Waals surface area contributed by atoms with Crippen molar-refractivity contribution < 1.29 is 14.7 Å². The van der Waals surface area contributed by atoms with E-state index < -0.39 is 12.0 Å². The largest absolute Gasteiger partial charge is 0.478 e. The maximum Gasteiger partial charge on any atom is 0.337 e. The van der Waals surface area contributed by atoms with E-state index in [2.05, 4.69) is 31.5 Å². The van der Waals surface area contributed by atoms with Gasteiger partial charge in [-0.1, -0.05) is 22.0 Å². The average Bonchev–Trinajstić information content (AvgIpc) is 2.44. The molecule has 0 spiro atoms. The lowest BCUT2D eigenvalue weighted by Crippen LogP contribution is -2.20. The molecule has 0 aliphatic carbocycles. The summed E-state index contributed by atoms with van der Waals surface area (Å²) < 4.78 is 0.884. The molecule has 1 aromatic carbocycles. The van der Waals surface area contributed by atoms with Gasteiger partial charge in [-0.05, 0) is 30.7 Å². The van der Waals surface area contributed by atoms with Gasteiger partial charge in [0.15, 0.2) is 0 Å².